The third kappa shape index (κ3) is 9.67. The Labute approximate surface area is 181 Å². The van der Waals surface area contributed by atoms with Crippen molar-refractivity contribution in [3.05, 3.63) is 29.8 Å². The molecule has 0 N–H and O–H groups in total. The van der Waals surface area contributed by atoms with Gasteiger partial charge >= 0.3 is 9.28 Å². The lowest BCUT2D eigenvalue weighted by molar-refractivity contribution is 0.128. The van der Waals surface area contributed by atoms with Crippen LogP contribution >= 0.6 is 0 Å². The largest absolute Gasteiger partial charge is 0.494 e. The van der Waals surface area contributed by atoms with Gasteiger partial charge in [-0.2, -0.15) is 0 Å². The number of benzene rings is 1. The molecule has 4 heteroatoms. The van der Waals surface area contributed by atoms with Crippen LogP contribution in [-0.2, 0) is 8.85 Å². The molecule has 166 valence electrons. The van der Waals surface area contributed by atoms with Gasteiger partial charge in [0, 0.05) is 12.2 Å². The van der Waals surface area contributed by atoms with Crippen LogP contribution in [0.15, 0.2) is 24.3 Å². The molecule has 0 saturated heterocycles. The fourth-order valence-corrected chi connectivity index (χ4v) is 6.50. The number of hydrogen-bond donors (Lipinski definition) is 0. The van der Waals surface area contributed by atoms with Crippen LogP contribution in [0.1, 0.15) is 91.5 Å². The number of ether oxygens (including phenoxy) is 1. The highest BCUT2D eigenvalue weighted by molar-refractivity contribution is 6.44. The lowest BCUT2D eigenvalue weighted by Gasteiger charge is -2.29. The van der Waals surface area contributed by atoms with Crippen LogP contribution in [-0.4, -0.2) is 28.1 Å². The van der Waals surface area contributed by atoms with Crippen molar-refractivity contribution in [2.45, 2.75) is 104 Å². The molecule has 1 aromatic carbocycles. The van der Waals surface area contributed by atoms with Crippen molar-refractivity contribution in [1.29, 1.82) is 0 Å². The second-order valence-electron chi connectivity index (χ2n) is 9.71. The molecule has 0 heterocycles. The Morgan fingerprint density at radius 2 is 1.45 bits per heavy atom. The predicted molar refractivity (Wildman–Crippen MR) is 125 cm³/mol. The molecule has 0 radical (unpaired) electrons. The molecule has 2 rings (SSSR count). The van der Waals surface area contributed by atoms with E-state index in [1.54, 1.807) is 0 Å². The van der Waals surface area contributed by atoms with E-state index in [0.29, 0.717) is 0 Å². The van der Waals surface area contributed by atoms with Gasteiger partial charge in [0.25, 0.3) is 0 Å². The Hall–Kier alpha value is -0.843. The normalized spacial score (nSPS) is 20.2. The quantitative estimate of drug-likeness (QED) is 0.273. The summed E-state index contributed by atoms with van der Waals surface area (Å²) in [5.41, 5.74) is 1.49. The van der Waals surface area contributed by atoms with Crippen molar-refractivity contribution < 1.29 is 13.6 Å². The smallest absolute Gasteiger partial charge is 0.321 e. The molecule has 0 aliphatic heterocycles. The van der Waals surface area contributed by atoms with E-state index >= 15 is 0 Å². The number of rotatable bonds is 12. The van der Waals surface area contributed by atoms with Crippen LogP contribution in [0.4, 0.5) is 0 Å². The molecular formula is C25H44O3Si. The van der Waals surface area contributed by atoms with E-state index in [4.69, 9.17) is 13.6 Å². The Bertz CT molecular complexity index is 538. The molecule has 0 amide bonds. The van der Waals surface area contributed by atoms with Crippen LogP contribution in [0.5, 0.6) is 5.75 Å². The van der Waals surface area contributed by atoms with Gasteiger partial charge in [-0.15, -0.1) is 0 Å². The van der Waals surface area contributed by atoms with E-state index in [0.717, 1.165) is 42.6 Å². The summed E-state index contributed by atoms with van der Waals surface area (Å²) in [6.07, 6.45) is 8.32. The minimum atomic E-state index is -1.60. The van der Waals surface area contributed by atoms with E-state index in [1.807, 2.05) is 0 Å². The zero-order valence-electron chi connectivity index (χ0n) is 19.7. The maximum atomic E-state index is 5.99. The summed E-state index contributed by atoms with van der Waals surface area (Å²) in [6.45, 7) is 13.8. The Morgan fingerprint density at radius 3 is 1.97 bits per heavy atom. The molecule has 0 bridgehead atoms. The lowest BCUT2D eigenvalue weighted by atomic mass is 9.76. The second kappa shape index (κ2) is 12.8. The monoisotopic (exact) mass is 420 g/mol. The SMILES string of the molecule is CC(C)C[C@H]1CC[C@H](c2ccc(OCCC[SiH](OC(C)C)OC(C)C)cc2)CC1. The molecule has 29 heavy (non-hydrogen) atoms. The van der Waals surface area contributed by atoms with Crippen LogP contribution in [0.25, 0.3) is 0 Å². The maximum absolute atomic E-state index is 5.99. The summed E-state index contributed by atoms with van der Waals surface area (Å²) in [4.78, 5) is 0. The first-order chi connectivity index (χ1) is 13.8. The highest BCUT2D eigenvalue weighted by Gasteiger charge is 2.23. The van der Waals surface area contributed by atoms with Gasteiger partial charge in [-0.3, -0.25) is 0 Å². The van der Waals surface area contributed by atoms with Gasteiger partial charge in [-0.05, 0) is 108 Å². The van der Waals surface area contributed by atoms with Crippen molar-refractivity contribution in [3.8, 4) is 5.75 Å². The summed E-state index contributed by atoms with van der Waals surface area (Å²) < 4.78 is 18.0. The highest BCUT2D eigenvalue weighted by atomic mass is 28.3. The average Bonchev–Trinajstić information content (AvgIpc) is 2.65. The van der Waals surface area contributed by atoms with Gasteiger partial charge in [0.2, 0.25) is 0 Å². The van der Waals surface area contributed by atoms with Gasteiger partial charge in [-0.25, -0.2) is 0 Å². The van der Waals surface area contributed by atoms with E-state index in [1.165, 1.54) is 37.7 Å². The van der Waals surface area contributed by atoms with Crippen LogP contribution in [0, 0.1) is 11.8 Å². The molecule has 1 saturated carbocycles. The minimum Gasteiger partial charge on any atom is -0.494 e. The third-order valence-electron chi connectivity index (χ3n) is 5.70. The second-order valence-corrected chi connectivity index (χ2v) is 11.7. The predicted octanol–water partition coefficient (Wildman–Crippen LogP) is 6.85. The van der Waals surface area contributed by atoms with E-state index in [-0.39, 0.29) is 12.2 Å². The van der Waals surface area contributed by atoms with Crippen molar-refractivity contribution in [3.63, 3.8) is 0 Å². The van der Waals surface area contributed by atoms with E-state index in [9.17, 15) is 0 Å². The van der Waals surface area contributed by atoms with Gasteiger partial charge in [0.1, 0.15) is 5.75 Å². The zero-order chi connectivity index (χ0) is 21.2. The molecule has 0 aromatic heterocycles. The zero-order valence-corrected chi connectivity index (χ0v) is 20.8. The van der Waals surface area contributed by atoms with Crippen LogP contribution < -0.4 is 4.74 Å². The first-order valence-electron chi connectivity index (χ1n) is 11.9. The summed E-state index contributed by atoms with van der Waals surface area (Å²) in [5, 5.41) is 0. The summed E-state index contributed by atoms with van der Waals surface area (Å²) in [7, 11) is -1.60. The Morgan fingerprint density at radius 1 is 0.862 bits per heavy atom. The molecule has 0 spiro atoms. The van der Waals surface area contributed by atoms with Crippen LogP contribution in [0.2, 0.25) is 6.04 Å². The van der Waals surface area contributed by atoms with Gasteiger partial charge in [-0.1, -0.05) is 26.0 Å². The molecule has 0 unspecified atom stereocenters. The standard InChI is InChI=1S/C25H44O3Si/c1-19(2)18-22-8-10-23(11-9-22)24-12-14-25(15-13-24)26-16-7-17-29(27-20(3)4)28-21(5)6/h12-15,19-23,29H,7-11,16-18H2,1-6H3/t22-,23-. The van der Waals surface area contributed by atoms with Gasteiger partial charge in [0.05, 0.1) is 6.61 Å². The van der Waals surface area contributed by atoms with Crippen molar-refractivity contribution in [2.75, 3.05) is 6.61 Å². The fourth-order valence-electron chi connectivity index (χ4n) is 4.45. The Balaban J connectivity index is 1.71. The Kier molecular flexibility index (Phi) is 10.7. The first-order valence-corrected chi connectivity index (χ1v) is 13.6. The first kappa shape index (κ1) is 24.4. The van der Waals surface area contributed by atoms with E-state index < -0.39 is 9.28 Å². The molecule has 3 nitrogen and oxygen atoms in total. The molecule has 1 aromatic rings. The number of hydrogen-bond acceptors (Lipinski definition) is 3. The van der Waals surface area contributed by atoms with Crippen molar-refractivity contribution in [2.24, 2.45) is 11.8 Å². The van der Waals surface area contributed by atoms with Crippen molar-refractivity contribution >= 4 is 9.28 Å². The summed E-state index contributed by atoms with van der Waals surface area (Å²) in [5.74, 6) is 3.50. The molecule has 1 fully saturated rings. The van der Waals surface area contributed by atoms with Gasteiger partial charge in [0.15, 0.2) is 0 Å². The maximum Gasteiger partial charge on any atom is 0.321 e. The third-order valence-corrected chi connectivity index (χ3v) is 8.28. The van der Waals surface area contributed by atoms with Crippen LogP contribution in [0.3, 0.4) is 0 Å². The molecule has 1 aliphatic carbocycles. The van der Waals surface area contributed by atoms with Crippen molar-refractivity contribution in [1.82, 2.24) is 0 Å². The molecular weight excluding hydrogens is 376 g/mol. The topological polar surface area (TPSA) is 27.7 Å². The highest BCUT2D eigenvalue weighted by Crippen LogP contribution is 2.38. The minimum absolute atomic E-state index is 0.235. The fraction of sp³-hybridized carbons (Fsp3) is 0.760. The summed E-state index contributed by atoms with van der Waals surface area (Å²) in [6, 6.07) is 9.86. The summed E-state index contributed by atoms with van der Waals surface area (Å²) >= 11 is 0. The molecule has 1 aliphatic rings. The lowest BCUT2D eigenvalue weighted by Crippen LogP contribution is -2.29. The average molecular weight is 421 g/mol. The van der Waals surface area contributed by atoms with E-state index in [2.05, 4.69) is 65.8 Å². The molecule has 0 atom stereocenters. The van der Waals surface area contributed by atoms with Gasteiger partial charge < -0.3 is 13.6 Å².